The van der Waals surface area contributed by atoms with Crippen LogP contribution >= 0.6 is 0 Å². The Morgan fingerprint density at radius 1 is 0.667 bits per heavy atom. The minimum atomic E-state index is 0.677. The maximum absolute atomic E-state index is 2.59. The largest absolute Gasteiger partial charge is 0.0594 e. The fourth-order valence-electron chi connectivity index (χ4n) is 5.47. The SMILES string of the molecule is CC1(C)C2CCCCC2C2CCCCC21. The van der Waals surface area contributed by atoms with E-state index in [9.17, 15) is 0 Å². The van der Waals surface area contributed by atoms with Crippen molar-refractivity contribution in [2.45, 2.75) is 65.2 Å². The fraction of sp³-hybridized carbons (Fsp3) is 1.00. The predicted molar refractivity (Wildman–Crippen MR) is 64.7 cm³/mol. The fourth-order valence-corrected chi connectivity index (χ4v) is 5.47. The molecule has 0 aromatic heterocycles. The minimum Gasteiger partial charge on any atom is -0.0594 e. The molecule has 0 N–H and O–H groups in total. The molecule has 3 rings (SSSR count). The van der Waals surface area contributed by atoms with Gasteiger partial charge in [-0.2, -0.15) is 0 Å². The second kappa shape index (κ2) is 3.50. The average molecular weight is 206 g/mol. The van der Waals surface area contributed by atoms with Crippen LogP contribution in [0, 0.1) is 29.1 Å². The Morgan fingerprint density at radius 2 is 1.07 bits per heavy atom. The first kappa shape index (κ1) is 10.2. The van der Waals surface area contributed by atoms with Gasteiger partial charge in [0.2, 0.25) is 0 Å². The van der Waals surface area contributed by atoms with E-state index >= 15 is 0 Å². The van der Waals surface area contributed by atoms with Crippen LogP contribution in [-0.2, 0) is 0 Å². The van der Waals surface area contributed by atoms with Crippen LogP contribution in [0.25, 0.3) is 0 Å². The number of rotatable bonds is 0. The van der Waals surface area contributed by atoms with E-state index in [-0.39, 0.29) is 0 Å². The van der Waals surface area contributed by atoms with Crippen molar-refractivity contribution in [1.82, 2.24) is 0 Å². The Labute approximate surface area is 94.8 Å². The first-order valence-corrected chi connectivity index (χ1v) is 7.21. The number of hydrogen-bond acceptors (Lipinski definition) is 0. The van der Waals surface area contributed by atoms with Crippen molar-refractivity contribution in [2.24, 2.45) is 29.1 Å². The summed E-state index contributed by atoms with van der Waals surface area (Å²) in [7, 11) is 0. The van der Waals surface area contributed by atoms with Gasteiger partial charge in [-0.3, -0.25) is 0 Å². The topological polar surface area (TPSA) is 0 Å². The van der Waals surface area contributed by atoms with Crippen molar-refractivity contribution in [2.75, 3.05) is 0 Å². The Morgan fingerprint density at radius 3 is 1.53 bits per heavy atom. The summed E-state index contributed by atoms with van der Waals surface area (Å²) in [4.78, 5) is 0. The van der Waals surface area contributed by atoms with Crippen molar-refractivity contribution >= 4 is 0 Å². The summed E-state index contributed by atoms with van der Waals surface area (Å²) in [6.07, 6.45) is 12.3. The van der Waals surface area contributed by atoms with Crippen LogP contribution < -0.4 is 0 Å². The van der Waals surface area contributed by atoms with Gasteiger partial charge in [0.25, 0.3) is 0 Å². The highest BCUT2D eigenvalue weighted by molar-refractivity contribution is 5.03. The quantitative estimate of drug-likeness (QED) is 0.541. The van der Waals surface area contributed by atoms with Gasteiger partial charge in [0.1, 0.15) is 0 Å². The lowest BCUT2D eigenvalue weighted by Crippen LogP contribution is -2.29. The Bertz CT molecular complexity index is 216. The highest BCUT2D eigenvalue weighted by Gasteiger charge is 2.54. The van der Waals surface area contributed by atoms with E-state index in [2.05, 4.69) is 13.8 Å². The first-order chi connectivity index (χ1) is 7.21. The van der Waals surface area contributed by atoms with Crippen LogP contribution in [0.3, 0.4) is 0 Å². The zero-order chi connectivity index (χ0) is 10.5. The Hall–Kier alpha value is 0. The van der Waals surface area contributed by atoms with E-state index < -0.39 is 0 Å². The molecule has 0 aliphatic heterocycles. The van der Waals surface area contributed by atoms with Gasteiger partial charge in [0, 0.05) is 0 Å². The second-order valence-corrected chi connectivity index (χ2v) is 6.93. The van der Waals surface area contributed by atoms with Crippen LogP contribution in [0.5, 0.6) is 0 Å². The molecule has 0 nitrogen and oxygen atoms in total. The van der Waals surface area contributed by atoms with Gasteiger partial charge in [-0.25, -0.2) is 0 Å². The molecule has 4 unspecified atom stereocenters. The molecule has 3 fully saturated rings. The molecule has 3 aliphatic carbocycles. The maximum Gasteiger partial charge on any atom is -0.0292 e. The molecule has 3 aliphatic rings. The lowest BCUT2D eigenvalue weighted by Gasteiger charge is -2.37. The third-order valence-corrected chi connectivity index (χ3v) is 6.10. The zero-order valence-corrected chi connectivity index (χ0v) is 10.5. The second-order valence-electron chi connectivity index (χ2n) is 6.93. The maximum atomic E-state index is 2.59. The monoisotopic (exact) mass is 206 g/mol. The molecule has 15 heavy (non-hydrogen) atoms. The standard InChI is InChI=1S/C15H26/c1-15(2)13-9-5-3-7-11(13)12-8-4-6-10-14(12)15/h11-14H,3-10H2,1-2H3. The summed E-state index contributed by atoms with van der Waals surface area (Å²) in [6, 6.07) is 0. The summed E-state index contributed by atoms with van der Waals surface area (Å²) in [5.41, 5.74) is 0.677. The molecule has 4 atom stereocenters. The van der Waals surface area contributed by atoms with E-state index in [0.717, 1.165) is 23.7 Å². The summed E-state index contributed by atoms with van der Waals surface area (Å²) >= 11 is 0. The molecule has 0 aromatic rings. The minimum absolute atomic E-state index is 0.677. The van der Waals surface area contributed by atoms with Gasteiger partial charge in [-0.05, 0) is 54.8 Å². The summed E-state index contributed by atoms with van der Waals surface area (Å²) in [5.74, 6) is 4.41. The molecule has 0 aromatic carbocycles. The van der Waals surface area contributed by atoms with Gasteiger partial charge in [-0.15, -0.1) is 0 Å². The Balaban J connectivity index is 1.90. The number of hydrogen-bond donors (Lipinski definition) is 0. The molecule has 0 spiro atoms. The third-order valence-electron chi connectivity index (χ3n) is 6.10. The number of fused-ring (bicyclic) bond motifs is 3. The van der Waals surface area contributed by atoms with Crippen molar-refractivity contribution in [3.8, 4) is 0 Å². The van der Waals surface area contributed by atoms with Crippen LogP contribution in [0.15, 0.2) is 0 Å². The van der Waals surface area contributed by atoms with E-state index in [4.69, 9.17) is 0 Å². The first-order valence-electron chi connectivity index (χ1n) is 7.21. The molecule has 0 amide bonds. The van der Waals surface area contributed by atoms with Crippen molar-refractivity contribution in [3.05, 3.63) is 0 Å². The molecular weight excluding hydrogens is 180 g/mol. The van der Waals surface area contributed by atoms with Gasteiger partial charge in [-0.1, -0.05) is 39.5 Å². The molecule has 0 bridgehead atoms. The lowest BCUT2D eigenvalue weighted by molar-refractivity contribution is 0.124. The molecule has 3 saturated carbocycles. The lowest BCUT2D eigenvalue weighted by atomic mass is 9.68. The van der Waals surface area contributed by atoms with E-state index in [1.54, 1.807) is 25.7 Å². The van der Waals surface area contributed by atoms with Crippen LogP contribution in [0.1, 0.15) is 65.2 Å². The predicted octanol–water partition coefficient (Wildman–Crippen LogP) is 4.64. The van der Waals surface area contributed by atoms with Gasteiger partial charge >= 0.3 is 0 Å². The van der Waals surface area contributed by atoms with Crippen molar-refractivity contribution in [1.29, 1.82) is 0 Å². The van der Waals surface area contributed by atoms with Crippen molar-refractivity contribution in [3.63, 3.8) is 0 Å². The van der Waals surface area contributed by atoms with Gasteiger partial charge < -0.3 is 0 Å². The molecule has 0 heteroatoms. The average Bonchev–Trinajstić information content (AvgIpc) is 2.51. The molecule has 0 saturated heterocycles. The normalized spacial score (nSPS) is 48.4. The van der Waals surface area contributed by atoms with Gasteiger partial charge in [0.05, 0.1) is 0 Å². The molecule has 0 heterocycles. The van der Waals surface area contributed by atoms with E-state index in [0.29, 0.717) is 5.41 Å². The molecular formula is C15H26. The van der Waals surface area contributed by atoms with E-state index in [1.165, 1.54) is 25.7 Å². The highest BCUT2D eigenvalue weighted by atomic mass is 14.6. The Kier molecular flexibility index (Phi) is 2.37. The third kappa shape index (κ3) is 1.40. The molecule has 0 radical (unpaired) electrons. The van der Waals surface area contributed by atoms with Gasteiger partial charge in [0.15, 0.2) is 0 Å². The van der Waals surface area contributed by atoms with Crippen LogP contribution in [-0.4, -0.2) is 0 Å². The summed E-state index contributed by atoms with van der Waals surface area (Å²) in [6.45, 7) is 5.18. The van der Waals surface area contributed by atoms with Crippen LogP contribution in [0.2, 0.25) is 0 Å². The molecule has 86 valence electrons. The van der Waals surface area contributed by atoms with Crippen LogP contribution in [0.4, 0.5) is 0 Å². The zero-order valence-electron chi connectivity index (χ0n) is 10.5. The summed E-state index contributed by atoms with van der Waals surface area (Å²) < 4.78 is 0. The smallest absolute Gasteiger partial charge is 0.0292 e. The summed E-state index contributed by atoms with van der Waals surface area (Å²) in [5, 5.41) is 0. The van der Waals surface area contributed by atoms with E-state index in [1.807, 2.05) is 0 Å². The highest BCUT2D eigenvalue weighted by Crippen LogP contribution is 2.62. The van der Waals surface area contributed by atoms with Crippen molar-refractivity contribution < 1.29 is 0 Å².